The van der Waals surface area contributed by atoms with Crippen molar-refractivity contribution in [2.75, 3.05) is 0 Å². The number of imidazole rings is 1. The van der Waals surface area contributed by atoms with Gasteiger partial charge in [0.05, 0.1) is 25.9 Å². The number of furan rings is 1. The van der Waals surface area contributed by atoms with E-state index in [1.165, 1.54) is 0 Å². The molecule has 3 aromatic rings. The highest BCUT2D eigenvalue weighted by molar-refractivity contribution is 6.35. The predicted molar refractivity (Wildman–Crippen MR) is 109 cm³/mol. The molecule has 0 unspecified atom stereocenters. The monoisotopic (exact) mass is 420 g/mol. The van der Waals surface area contributed by atoms with Crippen LogP contribution in [-0.2, 0) is 19.6 Å². The number of hydrogen-bond acceptors (Lipinski definition) is 3. The Morgan fingerprint density at radius 1 is 1.29 bits per heavy atom. The molecule has 0 spiro atoms. The van der Waals surface area contributed by atoms with Gasteiger partial charge in [0.2, 0.25) is 0 Å². The first kappa shape index (κ1) is 20.3. The van der Waals surface area contributed by atoms with E-state index >= 15 is 0 Å². The molecule has 6 nitrogen and oxygen atoms in total. The number of aromatic nitrogens is 2. The number of nitrogens with zero attached hydrogens (tertiary/aromatic N) is 3. The van der Waals surface area contributed by atoms with Crippen LogP contribution in [0.4, 0.5) is 4.79 Å². The quantitative estimate of drug-likeness (QED) is 0.587. The molecule has 0 atom stereocenters. The first-order chi connectivity index (χ1) is 13.4. The number of benzene rings is 1. The topological polar surface area (TPSA) is 63.3 Å². The molecule has 2 heterocycles. The highest BCUT2D eigenvalue weighted by Gasteiger charge is 2.19. The van der Waals surface area contributed by atoms with Crippen LogP contribution in [-0.4, -0.2) is 26.5 Å². The number of carbonyl (C=O) groups excluding carboxylic acids is 1. The molecule has 8 heteroatoms. The molecule has 1 aromatic carbocycles. The summed E-state index contributed by atoms with van der Waals surface area (Å²) in [5.41, 5.74) is 0.925. The van der Waals surface area contributed by atoms with E-state index < -0.39 is 0 Å². The van der Waals surface area contributed by atoms with Crippen molar-refractivity contribution in [2.24, 2.45) is 0 Å². The van der Waals surface area contributed by atoms with Crippen LogP contribution in [0.2, 0.25) is 10.0 Å². The number of nitrogens with one attached hydrogen (secondary N) is 1. The molecule has 148 valence electrons. The number of hydrogen-bond donors (Lipinski definition) is 1. The van der Waals surface area contributed by atoms with Crippen LogP contribution in [0.15, 0.2) is 53.4 Å². The van der Waals surface area contributed by atoms with E-state index in [1.807, 2.05) is 36.7 Å². The van der Waals surface area contributed by atoms with Crippen LogP contribution < -0.4 is 5.32 Å². The Hall–Kier alpha value is -2.44. The maximum absolute atomic E-state index is 12.7. The molecule has 0 saturated heterocycles. The van der Waals surface area contributed by atoms with Crippen LogP contribution in [0.3, 0.4) is 0 Å². The SMILES string of the molecule is CC(C)NC(=O)N(Cc1ccco1)Cc1nccn1Cc1ccc(Cl)cc1Cl. The summed E-state index contributed by atoms with van der Waals surface area (Å²) in [6.07, 6.45) is 5.17. The number of urea groups is 1. The van der Waals surface area contributed by atoms with Crippen molar-refractivity contribution >= 4 is 29.2 Å². The van der Waals surface area contributed by atoms with Crippen molar-refractivity contribution in [3.05, 3.63) is 76.2 Å². The van der Waals surface area contributed by atoms with E-state index in [-0.39, 0.29) is 12.1 Å². The van der Waals surface area contributed by atoms with Crippen molar-refractivity contribution < 1.29 is 9.21 Å². The summed E-state index contributed by atoms with van der Waals surface area (Å²) in [6.45, 7) is 5.06. The standard InChI is InChI=1S/C20H22Cl2N4O2/c1-14(2)24-20(27)26(12-17-4-3-9-28-17)13-19-23-7-8-25(19)11-15-5-6-16(21)10-18(15)22/h3-10,14H,11-13H2,1-2H3,(H,24,27). The van der Waals surface area contributed by atoms with Crippen molar-refractivity contribution in [2.45, 2.75) is 39.5 Å². The Labute approximate surface area is 174 Å². The summed E-state index contributed by atoms with van der Waals surface area (Å²) in [6, 6.07) is 8.91. The van der Waals surface area contributed by atoms with Gasteiger partial charge in [0.1, 0.15) is 11.6 Å². The third kappa shape index (κ3) is 5.30. The zero-order valence-electron chi connectivity index (χ0n) is 15.7. The molecule has 1 N–H and O–H groups in total. The zero-order valence-corrected chi connectivity index (χ0v) is 17.2. The normalized spacial score (nSPS) is 11.0. The number of halogens is 2. The summed E-state index contributed by atoms with van der Waals surface area (Å²) < 4.78 is 7.38. The average molecular weight is 421 g/mol. The molecule has 0 aliphatic carbocycles. The van der Waals surface area contributed by atoms with Crippen LogP contribution in [0.5, 0.6) is 0 Å². The molecule has 0 bridgehead atoms. The summed E-state index contributed by atoms with van der Waals surface area (Å²) in [7, 11) is 0. The minimum absolute atomic E-state index is 0.0271. The molecule has 0 radical (unpaired) electrons. The Balaban J connectivity index is 1.79. The fourth-order valence-electron chi connectivity index (χ4n) is 2.77. The molecule has 0 fully saturated rings. The van der Waals surface area contributed by atoms with E-state index in [4.69, 9.17) is 27.6 Å². The maximum Gasteiger partial charge on any atom is 0.318 e. The second-order valence-corrected chi connectivity index (χ2v) is 7.59. The van der Waals surface area contributed by atoms with Crippen molar-refractivity contribution in [3.63, 3.8) is 0 Å². The number of amides is 2. The third-order valence-corrected chi connectivity index (χ3v) is 4.70. The van der Waals surface area contributed by atoms with Crippen molar-refractivity contribution in [1.82, 2.24) is 19.8 Å². The van der Waals surface area contributed by atoms with Gasteiger partial charge in [-0.3, -0.25) is 0 Å². The van der Waals surface area contributed by atoms with Crippen LogP contribution >= 0.6 is 23.2 Å². The second kappa shape index (κ2) is 9.17. The van der Waals surface area contributed by atoms with Gasteiger partial charge in [-0.1, -0.05) is 29.3 Å². The molecule has 28 heavy (non-hydrogen) atoms. The van der Waals surface area contributed by atoms with E-state index in [9.17, 15) is 4.79 Å². The first-order valence-corrected chi connectivity index (χ1v) is 9.69. The summed E-state index contributed by atoms with van der Waals surface area (Å²) in [5.74, 6) is 1.45. The molecular formula is C20H22Cl2N4O2. The Morgan fingerprint density at radius 2 is 2.11 bits per heavy atom. The van der Waals surface area contributed by atoms with Gasteiger partial charge >= 0.3 is 6.03 Å². The summed E-state index contributed by atoms with van der Waals surface area (Å²) >= 11 is 12.3. The zero-order chi connectivity index (χ0) is 20.1. The van der Waals surface area contributed by atoms with Crippen molar-refractivity contribution in [1.29, 1.82) is 0 Å². The lowest BCUT2D eigenvalue weighted by Gasteiger charge is -2.23. The highest BCUT2D eigenvalue weighted by atomic mass is 35.5. The Bertz CT molecular complexity index is 922. The average Bonchev–Trinajstić information content (AvgIpc) is 3.28. The van der Waals surface area contributed by atoms with E-state index in [0.29, 0.717) is 35.4 Å². The fraction of sp³-hybridized carbons (Fsp3) is 0.300. The molecule has 0 aliphatic heterocycles. The van der Waals surface area contributed by atoms with E-state index in [1.54, 1.807) is 35.6 Å². The van der Waals surface area contributed by atoms with Gasteiger partial charge in [-0.05, 0) is 43.7 Å². The molecular weight excluding hydrogens is 399 g/mol. The maximum atomic E-state index is 12.7. The van der Waals surface area contributed by atoms with Gasteiger partial charge in [-0.25, -0.2) is 9.78 Å². The van der Waals surface area contributed by atoms with Gasteiger partial charge in [-0.15, -0.1) is 0 Å². The van der Waals surface area contributed by atoms with E-state index in [2.05, 4.69) is 10.3 Å². The highest BCUT2D eigenvalue weighted by Crippen LogP contribution is 2.22. The molecule has 0 aliphatic rings. The minimum Gasteiger partial charge on any atom is -0.467 e. The lowest BCUT2D eigenvalue weighted by Crippen LogP contribution is -2.42. The molecule has 2 aromatic heterocycles. The van der Waals surface area contributed by atoms with Gasteiger partial charge in [-0.2, -0.15) is 0 Å². The van der Waals surface area contributed by atoms with Gasteiger partial charge < -0.3 is 19.2 Å². The lowest BCUT2D eigenvalue weighted by atomic mass is 10.2. The lowest BCUT2D eigenvalue weighted by molar-refractivity contribution is 0.182. The van der Waals surface area contributed by atoms with E-state index in [0.717, 1.165) is 11.4 Å². The van der Waals surface area contributed by atoms with Gasteiger partial charge in [0.25, 0.3) is 0 Å². The molecule has 2 amide bonds. The van der Waals surface area contributed by atoms with Crippen LogP contribution in [0.25, 0.3) is 0 Å². The number of rotatable bonds is 7. The summed E-state index contributed by atoms with van der Waals surface area (Å²) in [4.78, 5) is 18.8. The number of carbonyl (C=O) groups is 1. The fourth-order valence-corrected chi connectivity index (χ4v) is 3.24. The Kier molecular flexibility index (Phi) is 6.65. The molecule has 0 saturated carbocycles. The second-order valence-electron chi connectivity index (χ2n) is 6.75. The first-order valence-electron chi connectivity index (χ1n) is 8.94. The Morgan fingerprint density at radius 3 is 2.79 bits per heavy atom. The largest absolute Gasteiger partial charge is 0.467 e. The van der Waals surface area contributed by atoms with Gasteiger partial charge in [0, 0.05) is 28.5 Å². The third-order valence-electron chi connectivity index (χ3n) is 4.12. The van der Waals surface area contributed by atoms with Crippen LogP contribution in [0, 0.1) is 0 Å². The van der Waals surface area contributed by atoms with Gasteiger partial charge in [0.15, 0.2) is 0 Å². The minimum atomic E-state index is -0.175. The smallest absolute Gasteiger partial charge is 0.318 e. The summed E-state index contributed by atoms with van der Waals surface area (Å²) in [5, 5.41) is 4.11. The predicted octanol–water partition coefficient (Wildman–Crippen LogP) is 4.95. The van der Waals surface area contributed by atoms with Crippen LogP contribution in [0.1, 0.15) is 31.0 Å². The molecule has 3 rings (SSSR count). The van der Waals surface area contributed by atoms with Crippen molar-refractivity contribution in [3.8, 4) is 0 Å².